The molecule has 146 valence electrons. The van der Waals surface area contributed by atoms with Crippen molar-refractivity contribution in [3.63, 3.8) is 0 Å². The lowest BCUT2D eigenvalue weighted by Gasteiger charge is -2.09. The first-order valence-corrected chi connectivity index (χ1v) is 10.2. The number of H-pyrrole nitrogens is 1. The van der Waals surface area contributed by atoms with Crippen LogP contribution in [0.25, 0.3) is 11.2 Å². The monoisotopic (exact) mass is 391 g/mol. The highest BCUT2D eigenvalue weighted by atomic mass is 32.2. The topological polar surface area (TPSA) is 103 Å². The fourth-order valence-corrected chi connectivity index (χ4v) is 4.00. The van der Waals surface area contributed by atoms with E-state index >= 15 is 0 Å². The number of nitrogens with one attached hydrogen (secondary N) is 1. The molecular weight excluding hydrogens is 366 g/mol. The van der Waals surface area contributed by atoms with E-state index in [0.717, 1.165) is 23.8 Å². The minimum Gasteiger partial charge on any atom is -0.322 e. The lowest BCUT2D eigenvalue weighted by Crippen LogP contribution is -2.31. The van der Waals surface area contributed by atoms with Crippen LogP contribution in [0.1, 0.15) is 52.4 Å². The molecule has 0 amide bonds. The van der Waals surface area contributed by atoms with Crippen molar-refractivity contribution in [2.24, 2.45) is 0 Å². The van der Waals surface area contributed by atoms with Gasteiger partial charge < -0.3 is 9.13 Å². The van der Waals surface area contributed by atoms with E-state index in [4.69, 9.17) is 0 Å². The molecule has 9 nitrogen and oxygen atoms in total. The Balaban J connectivity index is 2.03. The van der Waals surface area contributed by atoms with E-state index in [0.29, 0.717) is 30.0 Å². The Morgan fingerprint density at radius 1 is 1.22 bits per heavy atom. The first-order valence-electron chi connectivity index (χ1n) is 9.22. The van der Waals surface area contributed by atoms with Gasteiger partial charge in [-0.1, -0.05) is 25.1 Å². The zero-order valence-electron chi connectivity index (χ0n) is 16.1. The third-order valence-electron chi connectivity index (χ3n) is 4.44. The molecule has 0 fully saturated rings. The van der Waals surface area contributed by atoms with Crippen LogP contribution in [0.2, 0.25) is 0 Å². The van der Waals surface area contributed by atoms with Crippen molar-refractivity contribution in [3.05, 3.63) is 33.0 Å². The van der Waals surface area contributed by atoms with Gasteiger partial charge in [-0.3, -0.25) is 14.3 Å². The third kappa shape index (κ3) is 3.71. The molecule has 0 bridgehead atoms. The Morgan fingerprint density at radius 3 is 2.67 bits per heavy atom. The quantitative estimate of drug-likeness (QED) is 0.590. The minimum absolute atomic E-state index is 0.259. The molecule has 0 aromatic carbocycles. The summed E-state index contributed by atoms with van der Waals surface area (Å²) in [4.78, 5) is 31.8. The van der Waals surface area contributed by atoms with E-state index in [2.05, 4.69) is 40.9 Å². The summed E-state index contributed by atoms with van der Waals surface area (Å²) in [5.74, 6) is 1.28. The van der Waals surface area contributed by atoms with Crippen molar-refractivity contribution < 1.29 is 0 Å². The molecule has 3 aromatic heterocycles. The largest absolute Gasteiger partial charge is 0.330 e. The predicted octanol–water partition coefficient (Wildman–Crippen LogP) is 2.17. The van der Waals surface area contributed by atoms with E-state index < -0.39 is 11.2 Å². The summed E-state index contributed by atoms with van der Waals surface area (Å²) in [6.07, 6.45) is 3.51. The van der Waals surface area contributed by atoms with Crippen LogP contribution in [0.5, 0.6) is 0 Å². The fraction of sp³-hybridized carbons (Fsp3) is 0.588. The second-order valence-electron chi connectivity index (χ2n) is 6.61. The Bertz CT molecular complexity index is 1040. The Labute approximate surface area is 160 Å². The van der Waals surface area contributed by atoms with Gasteiger partial charge in [-0.15, -0.1) is 10.2 Å². The number of hydrogen-bond donors (Lipinski definition) is 1. The zero-order chi connectivity index (χ0) is 19.6. The lowest BCUT2D eigenvalue weighted by atomic mass is 10.3. The molecule has 3 heterocycles. The van der Waals surface area contributed by atoms with Crippen molar-refractivity contribution >= 4 is 22.9 Å². The van der Waals surface area contributed by atoms with Gasteiger partial charge in [0.25, 0.3) is 5.56 Å². The van der Waals surface area contributed by atoms with Crippen LogP contribution >= 0.6 is 11.8 Å². The second kappa shape index (κ2) is 8.12. The Morgan fingerprint density at radius 2 is 2.00 bits per heavy atom. The molecular formula is C17H25N7O2S. The van der Waals surface area contributed by atoms with Gasteiger partial charge >= 0.3 is 5.69 Å². The van der Waals surface area contributed by atoms with Crippen molar-refractivity contribution in [3.8, 4) is 0 Å². The summed E-state index contributed by atoms with van der Waals surface area (Å²) in [5, 5.41) is 8.95. The maximum atomic E-state index is 12.4. The number of aryl methyl sites for hydroxylation is 2. The van der Waals surface area contributed by atoms with Crippen LogP contribution in [0, 0.1) is 0 Å². The lowest BCUT2D eigenvalue weighted by molar-refractivity contribution is 0.549. The van der Waals surface area contributed by atoms with Crippen molar-refractivity contribution in [1.29, 1.82) is 0 Å². The van der Waals surface area contributed by atoms with Crippen LogP contribution in [0.15, 0.2) is 21.1 Å². The van der Waals surface area contributed by atoms with Crippen LogP contribution in [0.3, 0.4) is 0 Å². The average Bonchev–Trinajstić information content (AvgIpc) is 3.24. The Hall–Kier alpha value is -2.36. The predicted molar refractivity (Wildman–Crippen MR) is 105 cm³/mol. The Kier molecular flexibility index (Phi) is 5.83. The van der Waals surface area contributed by atoms with Crippen molar-refractivity contribution in [2.45, 2.75) is 70.6 Å². The molecule has 0 aliphatic carbocycles. The fourth-order valence-electron chi connectivity index (χ4n) is 3.01. The van der Waals surface area contributed by atoms with Crippen LogP contribution in [-0.4, -0.2) is 33.9 Å². The SMILES string of the molecule is CCCCn1c(=O)[nH]c(=O)c2c1nc(CSc1nncn1C(C)C)n2CC. The molecule has 0 atom stereocenters. The summed E-state index contributed by atoms with van der Waals surface area (Å²) in [7, 11) is 0. The molecule has 0 radical (unpaired) electrons. The molecule has 0 saturated heterocycles. The number of aromatic amines is 1. The van der Waals surface area contributed by atoms with Crippen LogP contribution < -0.4 is 11.2 Å². The molecule has 0 aliphatic rings. The van der Waals surface area contributed by atoms with Gasteiger partial charge in [0.05, 0.1) is 5.75 Å². The first-order chi connectivity index (χ1) is 13.0. The molecule has 0 unspecified atom stereocenters. The van der Waals surface area contributed by atoms with Crippen molar-refractivity contribution in [2.75, 3.05) is 0 Å². The highest BCUT2D eigenvalue weighted by Gasteiger charge is 2.18. The number of fused-ring (bicyclic) bond motifs is 1. The maximum absolute atomic E-state index is 12.4. The van der Waals surface area contributed by atoms with Gasteiger partial charge in [0.15, 0.2) is 16.3 Å². The molecule has 0 aliphatic heterocycles. The van der Waals surface area contributed by atoms with Gasteiger partial charge in [0.1, 0.15) is 12.2 Å². The summed E-state index contributed by atoms with van der Waals surface area (Å²) in [6, 6.07) is 0.259. The van der Waals surface area contributed by atoms with Gasteiger partial charge in [-0.05, 0) is 27.2 Å². The molecule has 0 spiro atoms. The maximum Gasteiger partial charge on any atom is 0.330 e. The van der Waals surface area contributed by atoms with E-state index in [1.165, 1.54) is 11.8 Å². The third-order valence-corrected chi connectivity index (χ3v) is 5.40. The number of rotatable bonds is 8. The normalized spacial score (nSPS) is 11.7. The van der Waals surface area contributed by atoms with Gasteiger partial charge in [0.2, 0.25) is 0 Å². The molecule has 10 heteroatoms. The smallest absolute Gasteiger partial charge is 0.322 e. The molecule has 27 heavy (non-hydrogen) atoms. The highest BCUT2D eigenvalue weighted by Crippen LogP contribution is 2.24. The van der Waals surface area contributed by atoms with Gasteiger partial charge in [-0.25, -0.2) is 9.78 Å². The second-order valence-corrected chi connectivity index (χ2v) is 7.55. The number of aromatic nitrogens is 7. The minimum atomic E-state index is -0.402. The standard InChI is InChI=1S/C17H25N7O2S/c1-5-7-8-23-14-13(15(25)20-16(23)26)22(6-2)12(19-14)9-27-17-21-18-10-24(17)11(3)4/h10-11H,5-9H2,1-4H3,(H,20,25,26). The highest BCUT2D eigenvalue weighted by molar-refractivity contribution is 7.98. The van der Waals surface area contributed by atoms with E-state index in [1.54, 1.807) is 10.9 Å². The van der Waals surface area contributed by atoms with Crippen molar-refractivity contribution in [1.82, 2.24) is 33.9 Å². The summed E-state index contributed by atoms with van der Waals surface area (Å²) >= 11 is 1.52. The van der Waals surface area contributed by atoms with Crippen LogP contribution in [0.4, 0.5) is 0 Å². The molecule has 3 aromatic rings. The molecule has 0 saturated carbocycles. The first kappa shape index (κ1) is 19.4. The zero-order valence-corrected chi connectivity index (χ0v) is 16.9. The van der Waals surface area contributed by atoms with E-state index in [9.17, 15) is 9.59 Å². The van der Waals surface area contributed by atoms with E-state index in [1.807, 2.05) is 16.1 Å². The molecule has 1 N–H and O–H groups in total. The van der Waals surface area contributed by atoms with Gasteiger partial charge in [-0.2, -0.15) is 0 Å². The number of thioether (sulfide) groups is 1. The number of hydrogen-bond acceptors (Lipinski definition) is 6. The number of nitrogens with zero attached hydrogens (tertiary/aromatic N) is 6. The van der Waals surface area contributed by atoms with Gasteiger partial charge in [0, 0.05) is 19.1 Å². The van der Waals surface area contributed by atoms with E-state index in [-0.39, 0.29) is 6.04 Å². The van der Waals surface area contributed by atoms with Crippen LogP contribution in [-0.2, 0) is 18.8 Å². The summed E-state index contributed by atoms with van der Waals surface area (Å²) in [6.45, 7) is 9.30. The summed E-state index contributed by atoms with van der Waals surface area (Å²) in [5.41, 5.74) is 0.119. The number of unbranched alkanes of at least 4 members (excludes halogenated alkanes) is 1. The number of imidazole rings is 1. The summed E-state index contributed by atoms with van der Waals surface area (Å²) < 4.78 is 5.43. The molecule has 3 rings (SSSR count). The average molecular weight is 392 g/mol.